The van der Waals surface area contributed by atoms with Crippen LogP contribution in [0.5, 0.6) is 0 Å². The van der Waals surface area contributed by atoms with Crippen molar-refractivity contribution in [3.63, 3.8) is 0 Å². The summed E-state index contributed by atoms with van der Waals surface area (Å²) in [6.45, 7) is 22.9. The molecule has 0 saturated heterocycles. The van der Waals surface area contributed by atoms with Crippen molar-refractivity contribution in [3.05, 3.63) is 24.3 Å². The lowest BCUT2D eigenvalue weighted by Gasteiger charge is -2.60. The fraction of sp³-hybridized carbons (Fsp3) is 0.828. The molecule has 0 radical (unpaired) electrons. The van der Waals surface area contributed by atoms with E-state index in [9.17, 15) is 9.90 Å². The largest absolute Gasteiger partial charge is 0.461 e. The highest BCUT2D eigenvalue weighted by molar-refractivity contribution is 7.99. The van der Waals surface area contributed by atoms with Gasteiger partial charge in [0.05, 0.1) is 11.9 Å². The third-order valence-corrected chi connectivity index (χ3v) is 10.9. The molecular weight excluding hydrogens is 442 g/mol. The standard InChI is InChI=1S/C29H49NO3S/c1-9-27(7)18-24(33-25(31)19-34-15-14-30(10-2)11-3)28(8)21(5)12-13-29(22(6)26(27)32)17-20(4)16-23(28)29/h9,16,20-22,24,26,32H,1,10-15,17-19H2,2-8H3/t20?,21?,22-,24+,26-,27+,28+,29-/m0/s1. The summed E-state index contributed by atoms with van der Waals surface area (Å²) >= 11 is 1.67. The number of hydrogen-bond donors (Lipinski definition) is 1. The number of carbonyl (C=O) groups is 1. The first-order valence-electron chi connectivity index (χ1n) is 13.5. The Morgan fingerprint density at radius 2 is 1.94 bits per heavy atom. The van der Waals surface area contributed by atoms with Gasteiger partial charge in [-0.05, 0) is 61.9 Å². The van der Waals surface area contributed by atoms with E-state index in [1.165, 1.54) is 5.57 Å². The molecule has 194 valence electrons. The quantitative estimate of drug-likeness (QED) is 0.245. The molecule has 0 aromatic heterocycles. The van der Waals surface area contributed by atoms with E-state index in [-0.39, 0.29) is 28.8 Å². The summed E-state index contributed by atoms with van der Waals surface area (Å²) in [7, 11) is 0. The number of rotatable bonds is 9. The topological polar surface area (TPSA) is 49.8 Å². The second-order valence-corrected chi connectivity index (χ2v) is 13.0. The molecule has 0 aromatic carbocycles. The summed E-state index contributed by atoms with van der Waals surface area (Å²) in [5.74, 6) is 2.23. The van der Waals surface area contributed by atoms with Crippen molar-refractivity contribution >= 4 is 17.7 Å². The molecule has 3 aliphatic carbocycles. The highest BCUT2D eigenvalue weighted by atomic mass is 32.2. The molecule has 0 spiro atoms. The van der Waals surface area contributed by atoms with E-state index in [1.54, 1.807) is 11.8 Å². The van der Waals surface area contributed by atoms with Crippen molar-refractivity contribution in [3.8, 4) is 0 Å². The Bertz CT molecular complexity index is 779. The smallest absolute Gasteiger partial charge is 0.316 e. The van der Waals surface area contributed by atoms with Crippen molar-refractivity contribution in [2.24, 2.45) is 34.0 Å². The lowest BCUT2D eigenvalue weighted by molar-refractivity contribution is -0.168. The first-order chi connectivity index (χ1) is 16.0. The molecule has 4 nitrogen and oxygen atoms in total. The molecular formula is C29H49NO3S. The molecule has 34 heavy (non-hydrogen) atoms. The molecule has 1 N–H and O–H groups in total. The van der Waals surface area contributed by atoms with Crippen LogP contribution in [0.2, 0.25) is 0 Å². The van der Waals surface area contributed by atoms with Gasteiger partial charge < -0.3 is 14.7 Å². The summed E-state index contributed by atoms with van der Waals surface area (Å²) in [6.07, 6.45) is 7.51. The first-order valence-corrected chi connectivity index (χ1v) is 14.7. The van der Waals surface area contributed by atoms with Crippen LogP contribution >= 0.6 is 11.8 Å². The third kappa shape index (κ3) is 4.78. The molecule has 2 fully saturated rings. The average molecular weight is 492 g/mol. The summed E-state index contributed by atoms with van der Waals surface area (Å²) in [6, 6.07) is 0. The molecule has 0 amide bonds. The maximum atomic E-state index is 13.1. The summed E-state index contributed by atoms with van der Waals surface area (Å²) in [4.78, 5) is 15.5. The highest BCUT2D eigenvalue weighted by Gasteiger charge is 2.63. The van der Waals surface area contributed by atoms with Gasteiger partial charge in [0.2, 0.25) is 0 Å². The number of aliphatic hydroxyl groups excluding tert-OH is 1. The van der Waals surface area contributed by atoms with E-state index in [1.807, 2.05) is 6.08 Å². The zero-order valence-corrected chi connectivity index (χ0v) is 23.5. The van der Waals surface area contributed by atoms with Crippen LogP contribution < -0.4 is 0 Å². The summed E-state index contributed by atoms with van der Waals surface area (Å²) < 4.78 is 6.39. The van der Waals surface area contributed by atoms with Crippen molar-refractivity contribution in [1.29, 1.82) is 0 Å². The highest BCUT2D eigenvalue weighted by Crippen LogP contribution is 2.67. The van der Waals surface area contributed by atoms with Gasteiger partial charge >= 0.3 is 5.97 Å². The molecule has 8 atom stereocenters. The Hall–Kier alpha value is -0.780. The minimum Gasteiger partial charge on any atom is -0.461 e. The Morgan fingerprint density at radius 1 is 1.26 bits per heavy atom. The van der Waals surface area contributed by atoms with Gasteiger partial charge in [0.15, 0.2) is 0 Å². The summed E-state index contributed by atoms with van der Waals surface area (Å²) in [5.41, 5.74) is 0.719. The maximum absolute atomic E-state index is 13.1. The van der Waals surface area contributed by atoms with Gasteiger partial charge in [-0.2, -0.15) is 0 Å². The monoisotopic (exact) mass is 491 g/mol. The van der Waals surface area contributed by atoms with E-state index in [0.717, 1.165) is 44.6 Å². The van der Waals surface area contributed by atoms with Gasteiger partial charge in [-0.25, -0.2) is 0 Å². The van der Waals surface area contributed by atoms with Crippen molar-refractivity contribution in [1.82, 2.24) is 4.90 Å². The normalized spacial score (nSPS) is 41.9. The molecule has 3 rings (SSSR count). The predicted octanol–water partition coefficient (Wildman–Crippen LogP) is 5.96. The fourth-order valence-electron chi connectivity index (χ4n) is 7.39. The second-order valence-electron chi connectivity index (χ2n) is 11.8. The van der Waals surface area contributed by atoms with E-state index < -0.39 is 11.5 Å². The number of carbonyl (C=O) groups excluding carboxylic acids is 1. The molecule has 0 aliphatic heterocycles. The Morgan fingerprint density at radius 3 is 2.56 bits per heavy atom. The zero-order valence-electron chi connectivity index (χ0n) is 22.7. The van der Waals surface area contributed by atoms with Crippen LogP contribution in [0.25, 0.3) is 0 Å². The maximum Gasteiger partial charge on any atom is 0.316 e. The van der Waals surface area contributed by atoms with Crippen LogP contribution in [-0.4, -0.2) is 59.3 Å². The number of hydrogen-bond acceptors (Lipinski definition) is 5. The van der Waals surface area contributed by atoms with E-state index in [0.29, 0.717) is 24.0 Å². The molecule has 3 aliphatic rings. The molecule has 2 bridgehead atoms. The second kappa shape index (κ2) is 10.7. The van der Waals surface area contributed by atoms with Gasteiger partial charge in [-0.15, -0.1) is 18.3 Å². The number of ether oxygens (including phenoxy) is 1. The minimum atomic E-state index is -0.513. The van der Waals surface area contributed by atoms with Gasteiger partial charge in [-0.1, -0.05) is 66.2 Å². The average Bonchev–Trinajstić information content (AvgIpc) is 3.17. The van der Waals surface area contributed by atoms with Crippen LogP contribution in [0.1, 0.15) is 74.1 Å². The Labute approximate surface area is 213 Å². The molecule has 5 heteroatoms. The van der Waals surface area contributed by atoms with Crippen molar-refractivity contribution in [2.75, 3.05) is 31.1 Å². The zero-order chi connectivity index (χ0) is 25.3. The molecule has 2 saturated carbocycles. The van der Waals surface area contributed by atoms with Crippen LogP contribution in [0, 0.1) is 34.0 Å². The van der Waals surface area contributed by atoms with Crippen LogP contribution in [-0.2, 0) is 9.53 Å². The molecule has 0 aromatic rings. The third-order valence-electron chi connectivity index (χ3n) is 10.0. The van der Waals surface area contributed by atoms with E-state index in [4.69, 9.17) is 4.74 Å². The van der Waals surface area contributed by atoms with Crippen molar-refractivity contribution in [2.45, 2.75) is 86.4 Å². The lowest BCUT2D eigenvalue weighted by Crippen LogP contribution is -2.58. The SMILES string of the molecule is C=C[C@]1(C)C[C@@H](OC(=O)CSCCN(CC)CC)[C@@]2(C)C3=CC(C)C[C@@]3(CCC2C)[C@@H](C)[C@@H]1O. The van der Waals surface area contributed by atoms with Gasteiger partial charge in [0.25, 0.3) is 0 Å². The van der Waals surface area contributed by atoms with Crippen LogP contribution in [0.4, 0.5) is 0 Å². The van der Waals surface area contributed by atoms with Gasteiger partial charge in [0, 0.05) is 23.1 Å². The number of allylic oxidation sites excluding steroid dienone is 1. The fourth-order valence-corrected chi connectivity index (χ4v) is 8.16. The van der Waals surface area contributed by atoms with Gasteiger partial charge in [-0.3, -0.25) is 4.79 Å². The molecule has 2 unspecified atom stereocenters. The van der Waals surface area contributed by atoms with Crippen LogP contribution in [0.3, 0.4) is 0 Å². The first kappa shape index (κ1) is 27.8. The lowest BCUT2D eigenvalue weighted by atomic mass is 9.46. The number of thioether (sulfide) groups is 1. The van der Waals surface area contributed by atoms with Gasteiger partial charge in [0.1, 0.15) is 6.10 Å². The Kier molecular flexibility index (Phi) is 8.74. The number of nitrogens with zero attached hydrogens (tertiary/aromatic N) is 1. The van der Waals surface area contributed by atoms with Crippen molar-refractivity contribution < 1.29 is 14.6 Å². The van der Waals surface area contributed by atoms with E-state index in [2.05, 4.69) is 66.0 Å². The van der Waals surface area contributed by atoms with E-state index >= 15 is 0 Å². The van der Waals surface area contributed by atoms with Crippen LogP contribution in [0.15, 0.2) is 24.3 Å². The minimum absolute atomic E-state index is 0.0199. The Balaban J connectivity index is 1.88. The summed E-state index contributed by atoms with van der Waals surface area (Å²) in [5, 5.41) is 11.7. The number of aliphatic hydroxyl groups is 1. The number of esters is 1. The molecule has 0 heterocycles. The predicted molar refractivity (Wildman–Crippen MR) is 144 cm³/mol.